The van der Waals surface area contributed by atoms with Crippen LogP contribution < -0.4 is 0 Å². The lowest BCUT2D eigenvalue weighted by molar-refractivity contribution is 0.790. The third-order valence-electron chi connectivity index (χ3n) is 2.91. The molecule has 0 unspecified atom stereocenters. The van der Waals surface area contributed by atoms with Gasteiger partial charge in [-0.1, -0.05) is 94.4 Å². The lowest BCUT2D eigenvalue weighted by Gasteiger charge is -2.14. The first-order chi connectivity index (χ1) is 10.0. The van der Waals surface area contributed by atoms with E-state index in [0.717, 1.165) is 0 Å². The van der Waals surface area contributed by atoms with E-state index in [-0.39, 0.29) is 0 Å². The summed E-state index contributed by atoms with van der Waals surface area (Å²) >= 11 is 0. The maximum Gasteiger partial charge on any atom is -0.0216 e. The average molecular weight is 282 g/mol. The van der Waals surface area contributed by atoms with Crippen LogP contribution in [0.15, 0.2) is 73.3 Å². The predicted octanol–water partition coefficient (Wildman–Crippen LogP) is 6.81. The Morgan fingerprint density at radius 1 is 0.667 bits per heavy atom. The second-order valence-electron chi connectivity index (χ2n) is 5.50. The third kappa shape index (κ3) is 8.86. The van der Waals surface area contributed by atoms with Gasteiger partial charge < -0.3 is 0 Å². The highest BCUT2D eigenvalue weighted by Crippen LogP contribution is 2.25. The van der Waals surface area contributed by atoms with Crippen LogP contribution in [0.25, 0.3) is 0 Å². The van der Waals surface area contributed by atoms with Gasteiger partial charge >= 0.3 is 0 Å². The number of hydrogen-bond acceptors (Lipinski definition) is 0. The van der Waals surface area contributed by atoms with Gasteiger partial charge in [-0.3, -0.25) is 0 Å². The summed E-state index contributed by atoms with van der Waals surface area (Å²) in [7, 11) is 0. The van der Waals surface area contributed by atoms with E-state index in [9.17, 15) is 0 Å². The van der Waals surface area contributed by atoms with Crippen molar-refractivity contribution in [3.05, 3.63) is 84.4 Å². The minimum Gasteiger partial charge on any atom is -0.103 e. The molecule has 2 aromatic rings. The van der Waals surface area contributed by atoms with Crippen molar-refractivity contribution < 1.29 is 0 Å². The quantitative estimate of drug-likeness (QED) is 0.530. The van der Waals surface area contributed by atoms with Crippen molar-refractivity contribution in [1.29, 1.82) is 0 Å². The highest BCUT2D eigenvalue weighted by Gasteiger charge is 2.07. The summed E-state index contributed by atoms with van der Waals surface area (Å²) in [5, 5.41) is 0. The molecule has 0 heteroatoms. The van der Waals surface area contributed by atoms with Crippen LogP contribution in [-0.2, 0) is 0 Å². The van der Waals surface area contributed by atoms with Gasteiger partial charge in [-0.15, -0.1) is 6.58 Å². The van der Waals surface area contributed by atoms with Crippen LogP contribution >= 0.6 is 0 Å². The van der Waals surface area contributed by atoms with Crippen LogP contribution in [0.3, 0.4) is 0 Å². The number of rotatable bonds is 2. The van der Waals surface area contributed by atoms with Gasteiger partial charge in [-0.2, -0.15) is 0 Å². The first kappa shape index (κ1) is 19.2. The van der Waals surface area contributed by atoms with Gasteiger partial charge in [0.05, 0.1) is 0 Å². The lowest BCUT2D eigenvalue weighted by Crippen LogP contribution is -1.97. The van der Waals surface area contributed by atoms with Crippen LogP contribution in [-0.4, -0.2) is 0 Å². The van der Waals surface area contributed by atoms with E-state index in [2.05, 4.69) is 58.5 Å². The SMILES string of the molecule is C=CC.CC(C)c1ccccc1C(C)C.c1ccccc1. The van der Waals surface area contributed by atoms with Gasteiger partial charge in [0.25, 0.3) is 0 Å². The third-order valence-corrected chi connectivity index (χ3v) is 2.91. The summed E-state index contributed by atoms with van der Waals surface area (Å²) in [4.78, 5) is 0. The molecule has 0 spiro atoms. The van der Waals surface area contributed by atoms with Crippen molar-refractivity contribution in [3.63, 3.8) is 0 Å². The summed E-state index contributed by atoms with van der Waals surface area (Å²) < 4.78 is 0. The van der Waals surface area contributed by atoms with Crippen LogP contribution in [0.1, 0.15) is 57.6 Å². The Morgan fingerprint density at radius 3 is 1.10 bits per heavy atom. The molecule has 0 N–H and O–H groups in total. The topological polar surface area (TPSA) is 0 Å². The zero-order valence-corrected chi connectivity index (χ0v) is 14.2. The fourth-order valence-electron chi connectivity index (χ4n) is 1.95. The van der Waals surface area contributed by atoms with E-state index in [1.54, 1.807) is 6.08 Å². The molecule has 0 radical (unpaired) electrons. The standard InChI is InChI=1S/C12H18.C6H6.C3H6/c1-9(2)11-7-5-6-8-12(11)10(3)4;1-2-4-6-5-3-1;1-3-2/h5-10H,1-4H3;1-6H;3H,1H2,2H3. The van der Waals surface area contributed by atoms with Crippen LogP contribution in [0.5, 0.6) is 0 Å². The van der Waals surface area contributed by atoms with E-state index >= 15 is 0 Å². The Labute approximate surface area is 131 Å². The molecule has 0 aromatic heterocycles. The molecule has 21 heavy (non-hydrogen) atoms. The molecule has 0 nitrogen and oxygen atoms in total. The zero-order valence-electron chi connectivity index (χ0n) is 14.2. The van der Waals surface area contributed by atoms with Crippen molar-refractivity contribution in [2.75, 3.05) is 0 Å². The van der Waals surface area contributed by atoms with Crippen molar-refractivity contribution >= 4 is 0 Å². The molecule has 2 rings (SSSR count). The van der Waals surface area contributed by atoms with E-state index in [0.29, 0.717) is 11.8 Å². The van der Waals surface area contributed by atoms with Gasteiger partial charge in [0.2, 0.25) is 0 Å². The zero-order chi connectivity index (χ0) is 16.1. The first-order valence-electron chi connectivity index (χ1n) is 7.70. The Hall–Kier alpha value is -1.82. The van der Waals surface area contributed by atoms with Crippen LogP contribution in [0, 0.1) is 0 Å². The smallest absolute Gasteiger partial charge is 0.0216 e. The molecule has 0 bridgehead atoms. The monoisotopic (exact) mass is 282 g/mol. The number of allylic oxidation sites excluding steroid dienone is 1. The summed E-state index contributed by atoms with van der Waals surface area (Å²) in [6.45, 7) is 14.3. The van der Waals surface area contributed by atoms with E-state index in [1.807, 2.05) is 43.3 Å². The second-order valence-corrected chi connectivity index (χ2v) is 5.50. The van der Waals surface area contributed by atoms with Crippen LogP contribution in [0.4, 0.5) is 0 Å². The number of hydrogen-bond donors (Lipinski definition) is 0. The maximum absolute atomic E-state index is 3.36. The normalized spacial score (nSPS) is 9.29. The molecule has 0 fully saturated rings. The summed E-state index contributed by atoms with van der Waals surface area (Å²) in [6, 6.07) is 20.7. The Kier molecular flexibility index (Phi) is 10.9. The molecular weight excluding hydrogens is 252 g/mol. The summed E-state index contributed by atoms with van der Waals surface area (Å²) in [5.41, 5.74) is 2.99. The minimum atomic E-state index is 0.642. The summed E-state index contributed by atoms with van der Waals surface area (Å²) in [5.74, 6) is 1.28. The molecule has 0 saturated carbocycles. The van der Waals surface area contributed by atoms with E-state index in [4.69, 9.17) is 0 Å². The fraction of sp³-hybridized carbons (Fsp3) is 0.333. The Balaban J connectivity index is 0.000000369. The molecule has 114 valence electrons. The summed E-state index contributed by atoms with van der Waals surface area (Å²) in [6.07, 6.45) is 1.75. The molecule has 0 aliphatic carbocycles. The minimum absolute atomic E-state index is 0.642. The lowest BCUT2D eigenvalue weighted by atomic mass is 9.91. The van der Waals surface area contributed by atoms with Gasteiger partial charge in [0, 0.05) is 0 Å². The van der Waals surface area contributed by atoms with Crippen molar-refractivity contribution in [2.24, 2.45) is 0 Å². The number of benzene rings is 2. The molecule has 0 amide bonds. The molecule has 2 aromatic carbocycles. The van der Waals surface area contributed by atoms with Crippen molar-refractivity contribution in [1.82, 2.24) is 0 Å². The van der Waals surface area contributed by atoms with E-state index < -0.39 is 0 Å². The van der Waals surface area contributed by atoms with Crippen molar-refractivity contribution in [3.8, 4) is 0 Å². The fourth-order valence-corrected chi connectivity index (χ4v) is 1.95. The average Bonchev–Trinajstić information content (AvgIpc) is 2.50. The van der Waals surface area contributed by atoms with Gasteiger partial charge in [0.1, 0.15) is 0 Å². The van der Waals surface area contributed by atoms with Gasteiger partial charge in [0.15, 0.2) is 0 Å². The predicted molar refractivity (Wildman–Crippen MR) is 96.9 cm³/mol. The molecule has 0 heterocycles. The van der Waals surface area contributed by atoms with Crippen molar-refractivity contribution in [2.45, 2.75) is 46.5 Å². The Morgan fingerprint density at radius 2 is 0.905 bits per heavy atom. The molecule has 0 aliphatic rings. The maximum atomic E-state index is 3.36. The highest BCUT2D eigenvalue weighted by atomic mass is 14.1. The highest BCUT2D eigenvalue weighted by molar-refractivity contribution is 5.31. The molecule has 0 aliphatic heterocycles. The Bertz CT molecular complexity index is 413. The van der Waals surface area contributed by atoms with Gasteiger partial charge in [-0.25, -0.2) is 0 Å². The van der Waals surface area contributed by atoms with Gasteiger partial charge in [-0.05, 0) is 29.9 Å². The van der Waals surface area contributed by atoms with Crippen LogP contribution in [0.2, 0.25) is 0 Å². The molecule has 0 atom stereocenters. The largest absolute Gasteiger partial charge is 0.103 e. The second kappa shape index (κ2) is 12.0. The first-order valence-corrected chi connectivity index (χ1v) is 7.70. The van der Waals surface area contributed by atoms with E-state index in [1.165, 1.54) is 11.1 Å². The molecule has 0 saturated heterocycles. The molecular formula is C21H30.